The van der Waals surface area contributed by atoms with Gasteiger partial charge in [0.15, 0.2) is 0 Å². The molecule has 3 aromatic carbocycles. The Hall–Kier alpha value is -3.32. The number of nitrogens with zero attached hydrogens (tertiary/aromatic N) is 1. The number of non-ortho nitro benzene ring substituents is 1. The highest BCUT2D eigenvalue weighted by molar-refractivity contribution is 7.80. The summed E-state index contributed by atoms with van der Waals surface area (Å²) >= 11 is 4.22. The molecule has 0 fully saturated rings. The Kier molecular flexibility index (Phi) is 5.73. The molecule has 0 saturated carbocycles. The van der Waals surface area contributed by atoms with E-state index in [-0.39, 0.29) is 11.3 Å². The standard InChI is InChI=1S/C20H16N2O4S/c23-20(16-12-15(22(24)25)10-11-19(16)27)21-17-8-4-5-9-18(17)26-13-14-6-2-1-3-7-14/h1-12,27H,13H2,(H,21,23). The van der Waals surface area contributed by atoms with Gasteiger partial charge in [0.05, 0.1) is 16.2 Å². The molecule has 136 valence electrons. The van der Waals surface area contributed by atoms with Gasteiger partial charge in [0.25, 0.3) is 11.6 Å². The zero-order valence-corrected chi connectivity index (χ0v) is 15.1. The average molecular weight is 380 g/mol. The number of amides is 1. The molecular weight excluding hydrogens is 364 g/mol. The number of carbonyl (C=O) groups excluding carboxylic acids is 1. The third-order valence-corrected chi connectivity index (χ3v) is 4.20. The summed E-state index contributed by atoms with van der Waals surface area (Å²) in [5.74, 6) is 0.000286. The minimum absolute atomic E-state index is 0.116. The van der Waals surface area contributed by atoms with Crippen LogP contribution in [0.2, 0.25) is 0 Å². The van der Waals surface area contributed by atoms with Crippen LogP contribution in [-0.4, -0.2) is 10.8 Å². The number of anilines is 1. The van der Waals surface area contributed by atoms with E-state index in [0.29, 0.717) is 22.9 Å². The van der Waals surface area contributed by atoms with Crippen molar-refractivity contribution in [3.8, 4) is 5.75 Å². The van der Waals surface area contributed by atoms with Crippen molar-refractivity contribution in [2.24, 2.45) is 0 Å². The Morgan fingerprint density at radius 1 is 1.04 bits per heavy atom. The van der Waals surface area contributed by atoms with Crippen LogP contribution >= 0.6 is 12.6 Å². The summed E-state index contributed by atoms with van der Waals surface area (Å²) in [7, 11) is 0. The lowest BCUT2D eigenvalue weighted by atomic mass is 10.1. The van der Waals surface area contributed by atoms with E-state index in [1.165, 1.54) is 18.2 Å². The van der Waals surface area contributed by atoms with Crippen molar-refractivity contribution in [2.75, 3.05) is 5.32 Å². The van der Waals surface area contributed by atoms with Gasteiger partial charge in [-0.2, -0.15) is 0 Å². The lowest BCUT2D eigenvalue weighted by molar-refractivity contribution is -0.384. The molecule has 3 aromatic rings. The van der Waals surface area contributed by atoms with Gasteiger partial charge in [0.2, 0.25) is 0 Å². The average Bonchev–Trinajstić information content (AvgIpc) is 2.68. The van der Waals surface area contributed by atoms with Gasteiger partial charge in [-0.3, -0.25) is 14.9 Å². The molecule has 0 aliphatic heterocycles. The molecule has 0 heterocycles. The monoisotopic (exact) mass is 380 g/mol. The summed E-state index contributed by atoms with van der Waals surface area (Å²) < 4.78 is 5.81. The van der Waals surface area contributed by atoms with Gasteiger partial charge in [-0.05, 0) is 23.8 Å². The van der Waals surface area contributed by atoms with Crippen molar-refractivity contribution < 1.29 is 14.5 Å². The minimum atomic E-state index is -0.555. The molecule has 0 unspecified atom stereocenters. The van der Waals surface area contributed by atoms with Crippen LogP contribution in [0.3, 0.4) is 0 Å². The van der Waals surface area contributed by atoms with Crippen LogP contribution in [0.15, 0.2) is 77.7 Å². The highest BCUT2D eigenvalue weighted by Crippen LogP contribution is 2.27. The van der Waals surface area contributed by atoms with Crippen LogP contribution in [-0.2, 0) is 6.61 Å². The number of nitro groups is 1. The van der Waals surface area contributed by atoms with Crippen LogP contribution in [0.25, 0.3) is 0 Å². The summed E-state index contributed by atoms with van der Waals surface area (Å²) in [6.07, 6.45) is 0. The quantitative estimate of drug-likeness (QED) is 0.368. The van der Waals surface area contributed by atoms with Crippen LogP contribution in [0.4, 0.5) is 11.4 Å². The second kappa shape index (κ2) is 8.37. The van der Waals surface area contributed by atoms with E-state index in [0.717, 1.165) is 5.56 Å². The predicted octanol–water partition coefficient (Wildman–Crippen LogP) is 4.71. The fraction of sp³-hybridized carbons (Fsp3) is 0.0500. The van der Waals surface area contributed by atoms with Gasteiger partial charge in [-0.1, -0.05) is 42.5 Å². The van der Waals surface area contributed by atoms with E-state index in [1.807, 2.05) is 30.3 Å². The number of ether oxygens (including phenoxy) is 1. The van der Waals surface area contributed by atoms with Gasteiger partial charge in [-0.25, -0.2) is 0 Å². The first-order valence-corrected chi connectivity index (χ1v) is 8.54. The lowest BCUT2D eigenvalue weighted by Gasteiger charge is -2.13. The molecular formula is C20H16N2O4S. The number of para-hydroxylation sites is 2. The largest absolute Gasteiger partial charge is 0.487 e. The van der Waals surface area contributed by atoms with Gasteiger partial charge >= 0.3 is 0 Å². The molecule has 7 heteroatoms. The van der Waals surface area contributed by atoms with E-state index < -0.39 is 10.8 Å². The number of thiol groups is 1. The first-order valence-electron chi connectivity index (χ1n) is 8.09. The molecule has 1 N–H and O–H groups in total. The number of carbonyl (C=O) groups is 1. The Morgan fingerprint density at radius 2 is 1.74 bits per heavy atom. The summed E-state index contributed by atoms with van der Waals surface area (Å²) in [4.78, 5) is 23.3. The topological polar surface area (TPSA) is 81.5 Å². The predicted molar refractivity (Wildman–Crippen MR) is 106 cm³/mol. The highest BCUT2D eigenvalue weighted by atomic mass is 32.1. The number of hydrogen-bond donors (Lipinski definition) is 2. The molecule has 0 saturated heterocycles. The minimum Gasteiger partial charge on any atom is -0.487 e. The fourth-order valence-corrected chi connectivity index (χ4v) is 2.68. The summed E-state index contributed by atoms with van der Waals surface area (Å²) in [6, 6.07) is 20.6. The SMILES string of the molecule is O=C(Nc1ccccc1OCc1ccccc1)c1cc([N+](=O)[O-])ccc1S. The van der Waals surface area contributed by atoms with Crippen molar-refractivity contribution in [3.63, 3.8) is 0 Å². The van der Waals surface area contributed by atoms with E-state index in [2.05, 4.69) is 17.9 Å². The summed E-state index contributed by atoms with van der Waals surface area (Å²) in [5.41, 5.74) is 1.41. The molecule has 0 aromatic heterocycles. The van der Waals surface area contributed by atoms with Crippen LogP contribution in [0, 0.1) is 10.1 Å². The Labute approximate surface area is 161 Å². The fourth-order valence-electron chi connectivity index (χ4n) is 2.44. The van der Waals surface area contributed by atoms with Crippen molar-refractivity contribution in [1.29, 1.82) is 0 Å². The molecule has 0 spiro atoms. The molecule has 6 nitrogen and oxygen atoms in total. The smallest absolute Gasteiger partial charge is 0.270 e. The maximum Gasteiger partial charge on any atom is 0.270 e. The zero-order chi connectivity index (χ0) is 19.2. The zero-order valence-electron chi connectivity index (χ0n) is 14.2. The summed E-state index contributed by atoms with van der Waals surface area (Å²) in [6.45, 7) is 0.350. The molecule has 1 amide bonds. The highest BCUT2D eigenvalue weighted by Gasteiger charge is 2.16. The Morgan fingerprint density at radius 3 is 2.48 bits per heavy atom. The number of rotatable bonds is 6. The van der Waals surface area contributed by atoms with Crippen LogP contribution in [0.1, 0.15) is 15.9 Å². The second-order valence-electron chi connectivity index (χ2n) is 5.68. The number of nitro benzene ring substituents is 1. The Balaban J connectivity index is 1.79. The van der Waals surface area contributed by atoms with E-state index in [4.69, 9.17) is 4.74 Å². The van der Waals surface area contributed by atoms with Crippen molar-refractivity contribution >= 4 is 29.9 Å². The number of hydrogen-bond acceptors (Lipinski definition) is 5. The maximum absolute atomic E-state index is 12.6. The second-order valence-corrected chi connectivity index (χ2v) is 6.16. The van der Waals surface area contributed by atoms with Gasteiger partial charge < -0.3 is 10.1 Å². The first-order chi connectivity index (χ1) is 13.0. The summed E-state index contributed by atoms with van der Waals surface area (Å²) in [5, 5.41) is 13.7. The number of nitrogens with one attached hydrogen (secondary N) is 1. The maximum atomic E-state index is 12.6. The molecule has 27 heavy (non-hydrogen) atoms. The Bertz CT molecular complexity index is 977. The van der Waals surface area contributed by atoms with E-state index in [1.54, 1.807) is 24.3 Å². The van der Waals surface area contributed by atoms with Gasteiger partial charge in [-0.15, -0.1) is 12.6 Å². The van der Waals surface area contributed by atoms with Crippen molar-refractivity contribution in [1.82, 2.24) is 0 Å². The number of benzene rings is 3. The van der Waals surface area contributed by atoms with Gasteiger partial charge in [0, 0.05) is 17.0 Å². The normalized spacial score (nSPS) is 10.3. The van der Waals surface area contributed by atoms with E-state index >= 15 is 0 Å². The molecule has 0 bridgehead atoms. The molecule has 0 radical (unpaired) electrons. The first kappa shape index (κ1) is 18.5. The van der Waals surface area contributed by atoms with Crippen LogP contribution in [0.5, 0.6) is 5.75 Å². The molecule has 0 atom stereocenters. The van der Waals surface area contributed by atoms with Crippen molar-refractivity contribution in [3.05, 3.63) is 94.0 Å². The van der Waals surface area contributed by atoms with E-state index in [9.17, 15) is 14.9 Å². The molecule has 0 aliphatic carbocycles. The van der Waals surface area contributed by atoms with Crippen LogP contribution < -0.4 is 10.1 Å². The third-order valence-electron chi connectivity index (χ3n) is 3.81. The third kappa shape index (κ3) is 4.65. The van der Waals surface area contributed by atoms with Crippen molar-refractivity contribution in [2.45, 2.75) is 11.5 Å². The molecule has 0 aliphatic rings. The lowest BCUT2D eigenvalue weighted by Crippen LogP contribution is -2.14. The molecule has 3 rings (SSSR count). The van der Waals surface area contributed by atoms with Gasteiger partial charge in [0.1, 0.15) is 12.4 Å².